The van der Waals surface area contributed by atoms with E-state index in [-0.39, 0.29) is 16.9 Å². The minimum Gasteiger partial charge on any atom is -0.383 e. The number of nitrogen functional groups attached to an aromatic ring is 1. The lowest BCUT2D eigenvalue weighted by Crippen LogP contribution is -2.23. The van der Waals surface area contributed by atoms with Crippen molar-refractivity contribution in [2.24, 2.45) is 12.0 Å². The number of hydrogen-bond donors (Lipinski definition) is 1. The Morgan fingerprint density at radius 2 is 1.74 bits per heavy atom. The molecule has 12 heteroatoms. The maximum absolute atomic E-state index is 13.5. The number of nitriles is 2. The average molecular weight is 528 g/mol. The van der Waals surface area contributed by atoms with Crippen molar-refractivity contribution in [2.75, 3.05) is 5.73 Å². The van der Waals surface area contributed by atoms with Crippen LogP contribution in [-0.2, 0) is 18.6 Å². The van der Waals surface area contributed by atoms with E-state index in [1.165, 1.54) is 6.20 Å². The summed E-state index contributed by atoms with van der Waals surface area (Å²) in [6, 6.07) is 13.7. The zero-order valence-corrected chi connectivity index (χ0v) is 21.0. The zero-order chi connectivity index (χ0) is 28.1. The first-order valence-electron chi connectivity index (χ1n) is 11.6. The van der Waals surface area contributed by atoms with Gasteiger partial charge in [-0.25, -0.2) is 9.97 Å². The van der Waals surface area contributed by atoms with E-state index in [0.717, 1.165) is 6.07 Å². The van der Waals surface area contributed by atoms with Gasteiger partial charge >= 0.3 is 6.18 Å². The molecule has 0 atom stereocenters. The number of rotatable bonds is 3. The summed E-state index contributed by atoms with van der Waals surface area (Å²) in [6.45, 7) is 3.51. The highest BCUT2D eigenvalue weighted by atomic mass is 19.4. The second-order valence-electron chi connectivity index (χ2n) is 9.40. The van der Waals surface area contributed by atoms with Gasteiger partial charge in [0.15, 0.2) is 0 Å². The summed E-state index contributed by atoms with van der Waals surface area (Å²) in [5, 5.41) is 19.6. The molecule has 0 fully saturated rings. The fourth-order valence-corrected chi connectivity index (χ4v) is 4.37. The van der Waals surface area contributed by atoms with Gasteiger partial charge in [0.25, 0.3) is 0 Å². The Morgan fingerprint density at radius 3 is 2.38 bits per heavy atom. The van der Waals surface area contributed by atoms with Gasteiger partial charge in [-0.3, -0.25) is 9.55 Å². The number of fused-ring (bicyclic) bond motifs is 3. The number of halogens is 3. The van der Waals surface area contributed by atoms with Gasteiger partial charge in [-0.2, -0.15) is 23.7 Å². The molecule has 2 N–H and O–H groups in total. The van der Waals surface area contributed by atoms with Gasteiger partial charge < -0.3 is 10.3 Å². The van der Waals surface area contributed by atoms with E-state index in [2.05, 4.69) is 21.0 Å². The largest absolute Gasteiger partial charge is 0.419 e. The lowest BCUT2D eigenvalue weighted by atomic mass is 9.91. The van der Waals surface area contributed by atoms with Crippen molar-refractivity contribution < 1.29 is 13.2 Å². The number of anilines is 1. The summed E-state index contributed by atoms with van der Waals surface area (Å²) in [7, 11) is 1.74. The normalized spacial score (nSPS) is 12.6. The standard InChI is InChI=1S/C27H20F3N9/c1-26(2,13-31)21-9-6-17(12-34-21)39-23-20(38(3)25(39)36-14-32)8-5-15-4-7-19(37-22(15)23)16-10-18(27(28,29)30)24(33)35-11-16/h4-12H,1-3H3,(H2,33,35). The third kappa shape index (κ3) is 4.22. The highest BCUT2D eigenvalue weighted by Crippen LogP contribution is 2.35. The Labute approximate surface area is 219 Å². The van der Waals surface area contributed by atoms with E-state index in [1.807, 2.05) is 18.3 Å². The molecule has 0 aliphatic carbocycles. The van der Waals surface area contributed by atoms with Crippen LogP contribution < -0.4 is 11.4 Å². The Morgan fingerprint density at radius 1 is 1.00 bits per heavy atom. The monoisotopic (exact) mass is 527 g/mol. The molecule has 0 saturated carbocycles. The highest BCUT2D eigenvalue weighted by molar-refractivity contribution is 6.03. The number of nitrogens with two attached hydrogens (primary N) is 1. The van der Waals surface area contributed by atoms with E-state index < -0.39 is 23.0 Å². The Kier molecular flexibility index (Phi) is 5.84. The average Bonchev–Trinajstić information content (AvgIpc) is 3.20. The molecule has 1 aromatic carbocycles. The molecule has 39 heavy (non-hydrogen) atoms. The molecule has 0 aliphatic heterocycles. The van der Waals surface area contributed by atoms with Crippen molar-refractivity contribution in [3.8, 4) is 29.2 Å². The number of imidazole rings is 1. The fraction of sp³-hybridized carbons (Fsp3) is 0.185. The molecule has 0 spiro atoms. The minimum atomic E-state index is -4.67. The first-order chi connectivity index (χ1) is 18.5. The van der Waals surface area contributed by atoms with Crippen molar-refractivity contribution in [1.29, 1.82) is 10.5 Å². The molecule has 0 amide bonds. The number of nitrogens with zero attached hydrogens (tertiary/aromatic N) is 8. The number of pyridine rings is 3. The fourth-order valence-electron chi connectivity index (χ4n) is 4.37. The van der Waals surface area contributed by atoms with Crippen LogP contribution in [0.3, 0.4) is 0 Å². The molecule has 4 aromatic heterocycles. The van der Waals surface area contributed by atoms with E-state index in [0.29, 0.717) is 33.3 Å². The van der Waals surface area contributed by atoms with Crippen molar-refractivity contribution in [3.63, 3.8) is 0 Å². The van der Waals surface area contributed by atoms with Crippen LogP contribution in [0.25, 0.3) is 38.9 Å². The number of aromatic nitrogens is 5. The number of benzene rings is 1. The Balaban J connectivity index is 1.82. The number of alkyl halides is 3. The van der Waals surface area contributed by atoms with E-state index in [4.69, 9.17) is 10.7 Å². The molecule has 4 heterocycles. The summed E-state index contributed by atoms with van der Waals surface area (Å²) in [4.78, 5) is 17.0. The highest BCUT2D eigenvalue weighted by Gasteiger charge is 2.34. The molecular weight excluding hydrogens is 507 g/mol. The van der Waals surface area contributed by atoms with Crippen LogP contribution in [-0.4, -0.2) is 24.1 Å². The summed E-state index contributed by atoms with van der Waals surface area (Å²) < 4.78 is 43.9. The van der Waals surface area contributed by atoms with Gasteiger partial charge in [-0.05, 0) is 44.2 Å². The molecule has 9 nitrogen and oxygen atoms in total. The van der Waals surface area contributed by atoms with Crippen LogP contribution in [0.15, 0.2) is 59.9 Å². The summed E-state index contributed by atoms with van der Waals surface area (Å²) in [5.41, 5.74) is 7.14. The molecule has 0 bridgehead atoms. The van der Waals surface area contributed by atoms with Crippen LogP contribution in [0.5, 0.6) is 0 Å². The zero-order valence-electron chi connectivity index (χ0n) is 21.0. The van der Waals surface area contributed by atoms with Crippen molar-refractivity contribution >= 4 is 27.8 Å². The first-order valence-corrected chi connectivity index (χ1v) is 11.6. The molecular formula is C27H20F3N9. The van der Waals surface area contributed by atoms with Gasteiger partial charge in [0, 0.05) is 24.2 Å². The molecule has 0 aliphatic rings. The molecule has 5 rings (SSSR count). The van der Waals surface area contributed by atoms with Crippen molar-refractivity contribution in [2.45, 2.75) is 25.4 Å². The number of hydrogen-bond acceptors (Lipinski definition) is 7. The van der Waals surface area contributed by atoms with Gasteiger partial charge in [0.2, 0.25) is 11.8 Å². The molecule has 5 aromatic rings. The maximum atomic E-state index is 13.5. The molecule has 0 saturated heterocycles. The van der Waals surface area contributed by atoms with E-state index in [1.54, 1.807) is 60.5 Å². The van der Waals surface area contributed by atoms with Crippen LogP contribution in [0.4, 0.5) is 19.0 Å². The van der Waals surface area contributed by atoms with Crippen LogP contribution >= 0.6 is 0 Å². The van der Waals surface area contributed by atoms with Gasteiger partial charge in [-0.1, -0.05) is 12.1 Å². The summed E-state index contributed by atoms with van der Waals surface area (Å²) >= 11 is 0. The lowest BCUT2D eigenvalue weighted by Gasteiger charge is -2.15. The van der Waals surface area contributed by atoms with Gasteiger partial charge in [0.05, 0.1) is 56.9 Å². The topological polar surface area (TPSA) is 134 Å². The quantitative estimate of drug-likeness (QED) is 0.336. The predicted molar refractivity (Wildman–Crippen MR) is 138 cm³/mol. The van der Waals surface area contributed by atoms with Crippen molar-refractivity contribution in [1.82, 2.24) is 24.1 Å². The third-order valence-electron chi connectivity index (χ3n) is 6.49. The second-order valence-corrected chi connectivity index (χ2v) is 9.40. The third-order valence-corrected chi connectivity index (χ3v) is 6.49. The smallest absolute Gasteiger partial charge is 0.383 e. The van der Waals surface area contributed by atoms with E-state index >= 15 is 0 Å². The summed E-state index contributed by atoms with van der Waals surface area (Å²) in [5.74, 6) is -0.617. The van der Waals surface area contributed by atoms with Gasteiger partial charge in [0.1, 0.15) is 5.82 Å². The molecule has 0 radical (unpaired) electrons. The summed E-state index contributed by atoms with van der Waals surface area (Å²) in [6.07, 6.45) is -0.0297. The van der Waals surface area contributed by atoms with Crippen LogP contribution in [0.1, 0.15) is 25.1 Å². The lowest BCUT2D eigenvalue weighted by molar-refractivity contribution is -0.137. The van der Waals surface area contributed by atoms with Gasteiger partial charge in [-0.15, -0.1) is 4.99 Å². The predicted octanol–water partition coefficient (Wildman–Crippen LogP) is 4.76. The van der Waals surface area contributed by atoms with Crippen LogP contribution in [0, 0.1) is 22.8 Å². The SMILES string of the molecule is Cn1c(=NC#N)n(-c2ccc(C(C)(C)C#N)nc2)c2c3nc(-c4cnc(N)c(C(F)(F)F)c4)ccc3ccc21. The number of aryl methyl sites for hydroxylation is 1. The Hall–Kier alpha value is -5.23. The Bertz CT molecular complexity index is 1920. The maximum Gasteiger partial charge on any atom is 0.419 e. The first kappa shape index (κ1) is 25.4. The second kappa shape index (κ2) is 8.96. The van der Waals surface area contributed by atoms with Crippen molar-refractivity contribution in [3.05, 3.63) is 71.7 Å². The van der Waals surface area contributed by atoms with Crippen LogP contribution in [0.2, 0.25) is 0 Å². The van der Waals surface area contributed by atoms with E-state index in [9.17, 15) is 23.7 Å². The molecule has 0 unspecified atom stereocenters. The molecule has 194 valence electrons. The minimum absolute atomic E-state index is 0.143.